The zero-order chi connectivity index (χ0) is 21.1. The Hall–Kier alpha value is -2.90. The van der Waals surface area contributed by atoms with E-state index in [1.807, 2.05) is 0 Å². The van der Waals surface area contributed by atoms with Gasteiger partial charge in [-0.25, -0.2) is 4.39 Å². The van der Waals surface area contributed by atoms with E-state index in [4.69, 9.17) is 9.15 Å². The minimum Gasteiger partial charge on any atom is -0.481 e. The molecule has 154 valence electrons. The number of nitrogens with zero attached hydrogens (tertiary/aromatic N) is 3. The highest BCUT2D eigenvalue weighted by Gasteiger charge is 2.23. The minimum absolute atomic E-state index is 0.0717. The molecule has 0 spiro atoms. The molecule has 1 N–H and O–H groups in total. The molecule has 1 aliphatic carbocycles. The van der Waals surface area contributed by atoms with Crippen LogP contribution in [0.1, 0.15) is 41.3 Å². The van der Waals surface area contributed by atoms with E-state index in [1.54, 1.807) is 6.92 Å². The van der Waals surface area contributed by atoms with E-state index in [2.05, 4.69) is 21.6 Å². The normalized spacial score (nSPS) is 13.5. The van der Waals surface area contributed by atoms with Crippen molar-refractivity contribution in [3.8, 4) is 11.8 Å². The summed E-state index contributed by atoms with van der Waals surface area (Å²) in [5, 5.41) is 20.9. The zero-order valence-corrected chi connectivity index (χ0v) is 17.6. The predicted octanol–water partition coefficient (Wildman–Crippen LogP) is 4.50. The maximum Gasteiger partial charge on any atom is 0.277 e. The average Bonchev–Trinajstić information content (AvgIpc) is 3.44. The first-order valence-electron chi connectivity index (χ1n) is 9.26. The molecule has 2 heterocycles. The number of halogens is 1. The fourth-order valence-corrected chi connectivity index (χ4v) is 4.94. The van der Waals surface area contributed by atoms with Crippen LogP contribution >= 0.6 is 23.1 Å². The van der Waals surface area contributed by atoms with Gasteiger partial charge >= 0.3 is 0 Å². The molecule has 2 aromatic heterocycles. The van der Waals surface area contributed by atoms with Crippen molar-refractivity contribution in [2.24, 2.45) is 0 Å². The third kappa shape index (κ3) is 4.47. The summed E-state index contributed by atoms with van der Waals surface area (Å²) in [6.07, 6.45) is 2.38. The lowest BCUT2D eigenvalue weighted by molar-refractivity contribution is -0.113. The van der Waals surface area contributed by atoms with Crippen LogP contribution in [0.3, 0.4) is 0 Å². The molecular weight excluding hydrogens is 427 g/mol. The predicted molar refractivity (Wildman–Crippen MR) is 110 cm³/mol. The molecular formula is C20H17FN4O3S2. The second-order valence-electron chi connectivity index (χ2n) is 6.63. The molecule has 0 radical (unpaired) electrons. The summed E-state index contributed by atoms with van der Waals surface area (Å²) in [6.45, 7) is 1.73. The fraction of sp³-hybridized carbons (Fsp3) is 0.300. The Labute approximate surface area is 180 Å². The second-order valence-corrected chi connectivity index (χ2v) is 8.66. The van der Waals surface area contributed by atoms with Crippen molar-refractivity contribution in [1.29, 1.82) is 5.26 Å². The lowest BCUT2D eigenvalue weighted by Crippen LogP contribution is -2.14. The summed E-state index contributed by atoms with van der Waals surface area (Å²) in [6, 6.07) is 7.83. The van der Waals surface area contributed by atoms with Crippen LogP contribution in [0.25, 0.3) is 0 Å². The summed E-state index contributed by atoms with van der Waals surface area (Å²) < 4.78 is 24.2. The standard InChI is InChI=1S/C20H17FN4O3S2/c1-11(27-13-7-5-12(21)6-8-13)18-24-25-20(28-18)29-10-17(26)23-19-15(9-22)14-3-2-4-16(14)30-19/h5-8,11H,2-4,10H2,1H3,(H,23,26)/t11-/m0/s1. The minimum atomic E-state index is -0.530. The van der Waals surface area contributed by atoms with Gasteiger partial charge in [0.25, 0.3) is 11.1 Å². The van der Waals surface area contributed by atoms with Gasteiger partial charge in [-0.15, -0.1) is 21.5 Å². The highest BCUT2D eigenvalue weighted by atomic mass is 32.2. The Morgan fingerprint density at radius 1 is 1.40 bits per heavy atom. The number of aromatic nitrogens is 2. The van der Waals surface area contributed by atoms with Crippen LogP contribution in [0.5, 0.6) is 5.75 Å². The highest BCUT2D eigenvalue weighted by molar-refractivity contribution is 7.99. The smallest absolute Gasteiger partial charge is 0.277 e. The average molecular weight is 445 g/mol. The molecule has 0 saturated heterocycles. The highest BCUT2D eigenvalue weighted by Crippen LogP contribution is 2.38. The number of carbonyl (C=O) groups is 1. The van der Waals surface area contributed by atoms with E-state index in [1.165, 1.54) is 40.5 Å². The molecule has 4 rings (SSSR count). The third-order valence-electron chi connectivity index (χ3n) is 4.51. The van der Waals surface area contributed by atoms with E-state index in [0.29, 0.717) is 16.3 Å². The number of thiophene rings is 1. The van der Waals surface area contributed by atoms with Gasteiger partial charge in [0.05, 0.1) is 11.3 Å². The van der Waals surface area contributed by atoms with Gasteiger partial charge in [-0.05, 0) is 56.0 Å². The number of benzene rings is 1. The van der Waals surface area contributed by atoms with Crippen molar-refractivity contribution in [1.82, 2.24) is 10.2 Å². The fourth-order valence-electron chi connectivity index (χ4n) is 3.11. The van der Waals surface area contributed by atoms with Gasteiger partial charge in [0.1, 0.15) is 22.6 Å². The van der Waals surface area contributed by atoms with E-state index >= 15 is 0 Å². The third-order valence-corrected chi connectivity index (χ3v) is 6.53. The Morgan fingerprint density at radius 3 is 2.97 bits per heavy atom. The SMILES string of the molecule is C[C@H](Oc1ccc(F)cc1)c1nnc(SCC(=O)Nc2sc3c(c2C#N)CCC3)o1. The molecule has 1 aromatic carbocycles. The van der Waals surface area contributed by atoms with Crippen LogP contribution in [-0.4, -0.2) is 21.9 Å². The van der Waals surface area contributed by atoms with Crippen molar-refractivity contribution in [3.63, 3.8) is 0 Å². The molecule has 10 heteroatoms. The first kappa shape index (κ1) is 20.4. The number of amides is 1. The van der Waals surface area contributed by atoms with Gasteiger partial charge < -0.3 is 14.5 Å². The number of hydrogen-bond acceptors (Lipinski definition) is 8. The second kappa shape index (κ2) is 8.85. The van der Waals surface area contributed by atoms with Crippen LogP contribution in [0.2, 0.25) is 0 Å². The van der Waals surface area contributed by atoms with Gasteiger partial charge in [0.2, 0.25) is 5.91 Å². The maximum absolute atomic E-state index is 13.0. The van der Waals surface area contributed by atoms with Crippen LogP contribution in [0, 0.1) is 17.1 Å². The van der Waals surface area contributed by atoms with Crippen molar-refractivity contribution in [2.75, 3.05) is 11.1 Å². The Bertz CT molecular complexity index is 1100. The molecule has 0 saturated carbocycles. The molecule has 0 aliphatic heterocycles. The number of anilines is 1. The maximum atomic E-state index is 13.0. The van der Waals surface area contributed by atoms with E-state index in [9.17, 15) is 14.4 Å². The summed E-state index contributed by atoms with van der Waals surface area (Å²) in [7, 11) is 0. The molecule has 7 nitrogen and oxygen atoms in total. The van der Waals surface area contributed by atoms with E-state index in [-0.39, 0.29) is 28.6 Å². The number of aryl methyl sites for hydroxylation is 1. The number of hydrogen-bond donors (Lipinski definition) is 1. The summed E-state index contributed by atoms with van der Waals surface area (Å²) in [5.41, 5.74) is 1.65. The molecule has 1 aliphatic rings. The van der Waals surface area contributed by atoms with E-state index in [0.717, 1.165) is 36.6 Å². The number of ether oxygens (including phenoxy) is 1. The number of fused-ring (bicyclic) bond motifs is 1. The first-order valence-corrected chi connectivity index (χ1v) is 11.1. The van der Waals surface area contributed by atoms with Crippen LogP contribution in [-0.2, 0) is 17.6 Å². The molecule has 3 aromatic rings. The number of rotatable bonds is 7. The number of nitrogens with one attached hydrogen (secondary N) is 1. The van der Waals surface area contributed by atoms with Crippen LogP contribution < -0.4 is 10.1 Å². The Balaban J connectivity index is 1.31. The lowest BCUT2D eigenvalue weighted by Gasteiger charge is -2.10. The first-order chi connectivity index (χ1) is 14.5. The molecule has 0 fully saturated rings. The number of carbonyl (C=O) groups excluding carboxylic acids is 1. The van der Waals surface area contributed by atoms with Crippen LogP contribution in [0.4, 0.5) is 9.39 Å². The molecule has 1 atom stereocenters. The molecule has 0 unspecified atom stereocenters. The number of nitriles is 1. The van der Waals surface area contributed by atoms with Gasteiger partial charge in [0.15, 0.2) is 6.10 Å². The van der Waals surface area contributed by atoms with Gasteiger partial charge in [0, 0.05) is 4.88 Å². The summed E-state index contributed by atoms with van der Waals surface area (Å²) in [4.78, 5) is 13.5. The zero-order valence-electron chi connectivity index (χ0n) is 16.0. The molecule has 1 amide bonds. The Kier molecular flexibility index (Phi) is 6.01. The molecule has 0 bridgehead atoms. The topological polar surface area (TPSA) is 101 Å². The van der Waals surface area contributed by atoms with Gasteiger partial charge in [-0.2, -0.15) is 5.26 Å². The largest absolute Gasteiger partial charge is 0.481 e. The monoisotopic (exact) mass is 444 g/mol. The molecule has 30 heavy (non-hydrogen) atoms. The van der Waals surface area contributed by atoms with Crippen molar-refractivity contribution < 1.29 is 18.3 Å². The van der Waals surface area contributed by atoms with Crippen molar-refractivity contribution in [3.05, 3.63) is 52.0 Å². The quantitative estimate of drug-likeness (QED) is 0.535. The van der Waals surface area contributed by atoms with Gasteiger partial charge in [-0.1, -0.05) is 11.8 Å². The Morgan fingerprint density at radius 2 is 2.20 bits per heavy atom. The van der Waals surface area contributed by atoms with Crippen molar-refractivity contribution in [2.45, 2.75) is 37.5 Å². The van der Waals surface area contributed by atoms with E-state index < -0.39 is 6.10 Å². The van der Waals surface area contributed by atoms with Crippen molar-refractivity contribution >= 4 is 34.0 Å². The lowest BCUT2D eigenvalue weighted by atomic mass is 10.1. The van der Waals surface area contributed by atoms with Crippen LogP contribution in [0.15, 0.2) is 33.9 Å². The summed E-state index contributed by atoms with van der Waals surface area (Å²) >= 11 is 2.58. The van der Waals surface area contributed by atoms with Gasteiger partial charge in [-0.3, -0.25) is 4.79 Å². The number of thioether (sulfide) groups is 1. The summed E-state index contributed by atoms with van der Waals surface area (Å²) in [5.74, 6) is 0.212.